The van der Waals surface area contributed by atoms with Crippen molar-refractivity contribution in [3.8, 4) is 11.3 Å². The minimum absolute atomic E-state index is 0.0125. The van der Waals surface area contributed by atoms with Gasteiger partial charge in [-0.05, 0) is 74.8 Å². The zero-order chi connectivity index (χ0) is 19.0. The Hall–Kier alpha value is -1.72. The summed E-state index contributed by atoms with van der Waals surface area (Å²) >= 11 is 0. The molecule has 1 aliphatic heterocycles. The monoisotopic (exact) mass is 381 g/mol. The molecular formula is C23H28FN3O. The first-order valence-corrected chi connectivity index (χ1v) is 10.8. The van der Waals surface area contributed by atoms with Crippen molar-refractivity contribution in [2.75, 3.05) is 7.05 Å². The van der Waals surface area contributed by atoms with E-state index in [9.17, 15) is 9.50 Å². The fourth-order valence-electron chi connectivity index (χ4n) is 7.66. The summed E-state index contributed by atoms with van der Waals surface area (Å²) in [4.78, 5) is 4.29. The van der Waals surface area contributed by atoms with E-state index in [1.165, 1.54) is 12.8 Å². The fraction of sp³-hybridized carbons (Fsp3) is 0.609. The van der Waals surface area contributed by atoms with Gasteiger partial charge in [-0.1, -0.05) is 12.1 Å². The fourth-order valence-corrected chi connectivity index (χ4v) is 7.66. The van der Waals surface area contributed by atoms with Gasteiger partial charge in [0.1, 0.15) is 5.82 Å². The number of aliphatic hydroxyl groups excluding tert-OH is 1. The predicted molar refractivity (Wildman–Crippen MR) is 105 cm³/mol. The van der Waals surface area contributed by atoms with E-state index in [4.69, 9.17) is 0 Å². The topological polar surface area (TPSA) is 50.1 Å². The molecule has 4 bridgehead atoms. The van der Waals surface area contributed by atoms with Gasteiger partial charge in [-0.3, -0.25) is 0 Å². The lowest BCUT2D eigenvalue weighted by Crippen LogP contribution is -2.60. The first-order valence-electron chi connectivity index (χ1n) is 10.8. The summed E-state index contributed by atoms with van der Waals surface area (Å²) in [6.45, 7) is 0. The Morgan fingerprint density at radius 1 is 1.29 bits per heavy atom. The molecule has 2 aromatic rings. The van der Waals surface area contributed by atoms with E-state index in [1.54, 1.807) is 18.5 Å². The van der Waals surface area contributed by atoms with Crippen LogP contribution in [0.5, 0.6) is 0 Å². The van der Waals surface area contributed by atoms with Gasteiger partial charge < -0.3 is 15.0 Å². The summed E-state index contributed by atoms with van der Waals surface area (Å²) in [6, 6.07) is 5.74. The minimum Gasteiger partial charge on any atom is -0.392 e. The highest BCUT2D eigenvalue weighted by Crippen LogP contribution is 2.62. The third-order valence-electron chi connectivity index (χ3n) is 8.47. The number of fused-ring (bicyclic) bond motifs is 3. The first-order chi connectivity index (χ1) is 13.6. The predicted octanol–water partition coefficient (Wildman–Crippen LogP) is 3.76. The lowest BCUT2D eigenvalue weighted by atomic mass is 9.46. The molecule has 2 N–H and O–H groups in total. The largest absolute Gasteiger partial charge is 0.392 e. The molecule has 2 unspecified atom stereocenters. The number of aliphatic hydroxyl groups is 1. The van der Waals surface area contributed by atoms with Gasteiger partial charge in [-0.25, -0.2) is 9.37 Å². The van der Waals surface area contributed by atoms with E-state index < -0.39 is 6.10 Å². The molecule has 1 aromatic carbocycles. The highest BCUT2D eigenvalue weighted by Gasteiger charge is 2.57. The normalized spacial score (nSPS) is 38.5. The van der Waals surface area contributed by atoms with Gasteiger partial charge >= 0.3 is 0 Å². The molecule has 0 amide bonds. The van der Waals surface area contributed by atoms with Crippen molar-refractivity contribution in [3.63, 3.8) is 0 Å². The van der Waals surface area contributed by atoms with Crippen LogP contribution in [0.2, 0.25) is 0 Å². The Morgan fingerprint density at radius 3 is 2.82 bits per heavy atom. The molecule has 4 nitrogen and oxygen atoms in total. The Balaban J connectivity index is 1.33. The molecule has 0 radical (unpaired) electrons. The maximum Gasteiger partial charge on any atom is 0.129 e. The molecule has 7 rings (SSSR count). The molecule has 4 aliphatic carbocycles. The van der Waals surface area contributed by atoms with E-state index in [0.29, 0.717) is 24.3 Å². The van der Waals surface area contributed by atoms with Crippen LogP contribution >= 0.6 is 0 Å². The molecule has 148 valence electrons. The highest BCUT2D eigenvalue weighted by molar-refractivity contribution is 5.69. The number of hydrogen-bond acceptors (Lipinski definition) is 3. The van der Waals surface area contributed by atoms with Gasteiger partial charge in [-0.15, -0.1) is 0 Å². The van der Waals surface area contributed by atoms with Gasteiger partial charge in [0, 0.05) is 17.2 Å². The summed E-state index contributed by atoms with van der Waals surface area (Å²) in [5, 5.41) is 15.1. The first kappa shape index (κ1) is 17.2. The van der Waals surface area contributed by atoms with Gasteiger partial charge in [0.15, 0.2) is 0 Å². The summed E-state index contributed by atoms with van der Waals surface area (Å²) < 4.78 is 16.8. The second-order valence-corrected chi connectivity index (χ2v) is 9.80. The second-order valence-electron chi connectivity index (χ2n) is 9.80. The van der Waals surface area contributed by atoms with Crippen molar-refractivity contribution < 1.29 is 9.50 Å². The number of halogens is 1. The molecular weight excluding hydrogens is 353 g/mol. The molecule has 2 heterocycles. The third-order valence-corrected chi connectivity index (χ3v) is 8.47. The van der Waals surface area contributed by atoms with Crippen molar-refractivity contribution in [1.29, 1.82) is 0 Å². The maximum atomic E-state index is 14.8. The number of rotatable bonds is 4. The Morgan fingerprint density at radius 2 is 2.07 bits per heavy atom. The van der Waals surface area contributed by atoms with Gasteiger partial charge in [0.25, 0.3) is 0 Å². The van der Waals surface area contributed by atoms with Crippen molar-refractivity contribution in [2.45, 2.75) is 56.7 Å². The van der Waals surface area contributed by atoms with Crippen LogP contribution in [0.1, 0.15) is 50.1 Å². The lowest BCUT2D eigenvalue weighted by Gasteiger charge is -2.61. The number of nitrogens with one attached hydrogen (secondary N) is 1. The van der Waals surface area contributed by atoms with E-state index in [-0.39, 0.29) is 17.3 Å². The van der Waals surface area contributed by atoms with Gasteiger partial charge in [-0.2, -0.15) is 0 Å². The van der Waals surface area contributed by atoms with Gasteiger partial charge in [0.2, 0.25) is 0 Å². The molecule has 0 saturated heterocycles. The number of nitrogens with zero attached hydrogens (tertiary/aromatic N) is 2. The molecule has 0 spiro atoms. The molecule has 5 heteroatoms. The maximum absolute atomic E-state index is 14.8. The SMILES string of the molecule is CNC1[C@@H]2CC3C[C@@H]1CC(C(O)CC1c4c(F)cccc4-c4cncn41)(C3)C2. The molecule has 4 fully saturated rings. The lowest BCUT2D eigenvalue weighted by molar-refractivity contribution is -0.136. The van der Waals surface area contributed by atoms with Crippen LogP contribution in [0.3, 0.4) is 0 Å². The summed E-state index contributed by atoms with van der Waals surface area (Å²) in [5.74, 6) is 1.96. The molecule has 4 atom stereocenters. The number of benzene rings is 1. The summed E-state index contributed by atoms with van der Waals surface area (Å²) in [5.41, 5.74) is 2.64. The van der Waals surface area contributed by atoms with Crippen LogP contribution in [-0.2, 0) is 0 Å². The van der Waals surface area contributed by atoms with E-state index in [1.807, 2.05) is 12.3 Å². The quantitative estimate of drug-likeness (QED) is 0.848. The second kappa shape index (κ2) is 5.90. The van der Waals surface area contributed by atoms with Crippen molar-refractivity contribution in [2.24, 2.45) is 23.2 Å². The van der Waals surface area contributed by atoms with Crippen LogP contribution in [0.25, 0.3) is 11.3 Å². The molecule has 1 aromatic heterocycles. The van der Waals surface area contributed by atoms with Crippen LogP contribution in [-0.4, -0.2) is 33.9 Å². The smallest absolute Gasteiger partial charge is 0.129 e. The van der Waals surface area contributed by atoms with Gasteiger partial charge in [0.05, 0.1) is 30.4 Å². The summed E-state index contributed by atoms with van der Waals surface area (Å²) in [7, 11) is 2.09. The van der Waals surface area contributed by atoms with Crippen molar-refractivity contribution >= 4 is 0 Å². The average molecular weight is 381 g/mol. The zero-order valence-corrected chi connectivity index (χ0v) is 16.3. The molecule has 5 aliphatic rings. The minimum atomic E-state index is -0.399. The number of hydrogen-bond donors (Lipinski definition) is 2. The van der Waals surface area contributed by atoms with Crippen molar-refractivity contribution in [3.05, 3.63) is 42.1 Å². The van der Waals surface area contributed by atoms with Crippen LogP contribution in [0.15, 0.2) is 30.7 Å². The van der Waals surface area contributed by atoms with Crippen LogP contribution < -0.4 is 5.32 Å². The van der Waals surface area contributed by atoms with E-state index in [0.717, 1.165) is 42.0 Å². The number of aromatic nitrogens is 2. The highest BCUT2D eigenvalue weighted by atomic mass is 19.1. The Kier molecular flexibility index (Phi) is 3.61. The molecule has 4 saturated carbocycles. The average Bonchev–Trinajstić information content (AvgIpc) is 3.25. The van der Waals surface area contributed by atoms with Crippen LogP contribution in [0, 0.1) is 29.0 Å². The summed E-state index contributed by atoms with van der Waals surface area (Å²) in [6.07, 6.45) is 9.77. The third kappa shape index (κ3) is 2.20. The standard InChI is InChI=1S/C23H28FN3O/c1-25-22-14-5-13-6-15(22)10-23(8-13,9-14)20(28)7-18-21-16(3-2-4-17(21)24)19-11-26-12-27(18)19/h2-4,11-15,18,20,22,25,28H,5-10H2,1H3/t13?,14-,15-,18?,20?,22?,23?/m1/s1. The Bertz CT molecular complexity index is 908. The Labute approximate surface area is 165 Å². The molecule has 28 heavy (non-hydrogen) atoms. The van der Waals surface area contributed by atoms with E-state index >= 15 is 0 Å². The van der Waals surface area contributed by atoms with Crippen molar-refractivity contribution in [1.82, 2.24) is 14.9 Å². The number of imidazole rings is 1. The van der Waals surface area contributed by atoms with E-state index in [2.05, 4.69) is 21.9 Å². The zero-order valence-electron chi connectivity index (χ0n) is 16.3. The van der Waals surface area contributed by atoms with Crippen LogP contribution in [0.4, 0.5) is 4.39 Å².